The van der Waals surface area contributed by atoms with Crippen LogP contribution in [-0.4, -0.2) is 33.4 Å². The molecule has 0 atom stereocenters. The number of nitrogens with zero attached hydrogens (tertiary/aromatic N) is 4. The Morgan fingerprint density at radius 2 is 1.65 bits per heavy atom. The first-order valence-electron chi connectivity index (χ1n) is 10.8. The molecule has 0 aliphatic carbocycles. The van der Waals surface area contributed by atoms with Crippen molar-refractivity contribution in [2.24, 2.45) is 0 Å². The second-order valence-corrected chi connectivity index (χ2v) is 8.05. The smallest absolute Gasteiger partial charge is 0.276 e. The van der Waals surface area contributed by atoms with Crippen molar-refractivity contribution in [2.75, 3.05) is 14.2 Å². The van der Waals surface area contributed by atoms with E-state index in [-0.39, 0.29) is 5.56 Å². The lowest BCUT2D eigenvalue weighted by Crippen LogP contribution is -2.22. The monoisotopic (exact) mass is 456 g/mol. The molecule has 5 rings (SSSR count). The zero-order valence-corrected chi connectivity index (χ0v) is 19.4. The van der Waals surface area contributed by atoms with Gasteiger partial charge in [-0.25, -0.2) is 9.50 Å². The summed E-state index contributed by atoms with van der Waals surface area (Å²) >= 11 is 0. The van der Waals surface area contributed by atoms with Crippen LogP contribution in [0.2, 0.25) is 0 Å². The number of fused-ring (bicyclic) bond motifs is 1. The molecule has 0 bridgehead atoms. The van der Waals surface area contributed by atoms with Gasteiger partial charge in [-0.15, -0.1) is 0 Å². The molecule has 8 heteroatoms. The highest BCUT2D eigenvalue weighted by atomic mass is 16.5. The van der Waals surface area contributed by atoms with Gasteiger partial charge in [0.1, 0.15) is 17.0 Å². The van der Waals surface area contributed by atoms with Crippen LogP contribution in [-0.2, 0) is 6.54 Å². The molecular formula is C26H24N4O4. The van der Waals surface area contributed by atoms with Crippen molar-refractivity contribution in [3.05, 3.63) is 88.3 Å². The summed E-state index contributed by atoms with van der Waals surface area (Å²) in [6.45, 7) is 4.19. The molecule has 2 aromatic carbocycles. The highest BCUT2D eigenvalue weighted by molar-refractivity contribution is 5.68. The zero-order valence-electron chi connectivity index (χ0n) is 19.4. The number of methoxy groups -OCH3 is 2. The van der Waals surface area contributed by atoms with Gasteiger partial charge in [0.25, 0.3) is 5.56 Å². The van der Waals surface area contributed by atoms with Crippen LogP contribution < -0.4 is 15.0 Å². The molecule has 0 unspecified atom stereocenters. The Bertz CT molecular complexity index is 1540. The van der Waals surface area contributed by atoms with Crippen molar-refractivity contribution in [3.8, 4) is 34.2 Å². The topological polar surface area (TPSA) is 83.8 Å². The molecule has 0 saturated heterocycles. The van der Waals surface area contributed by atoms with Crippen molar-refractivity contribution in [3.63, 3.8) is 0 Å². The minimum Gasteiger partial charge on any atom is -0.493 e. The fraction of sp³-hybridized carbons (Fsp3) is 0.192. The van der Waals surface area contributed by atoms with Crippen LogP contribution in [0.1, 0.15) is 17.0 Å². The number of aryl methyl sites for hydroxylation is 2. The van der Waals surface area contributed by atoms with Crippen molar-refractivity contribution < 1.29 is 13.9 Å². The van der Waals surface area contributed by atoms with Crippen LogP contribution in [0.15, 0.2) is 70.1 Å². The van der Waals surface area contributed by atoms with E-state index >= 15 is 0 Å². The average molecular weight is 457 g/mol. The number of ether oxygens (including phenoxy) is 2. The molecular weight excluding hydrogens is 432 g/mol. The highest BCUT2D eigenvalue weighted by Gasteiger charge is 2.15. The number of hydrogen-bond acceptors (Lipinski definition) is 6. The summed E-state index contributed by atoms with van der Waals surface area (Å²) in [4.78, 5) is 17.9. The van der Waals surface area contributed by atoms with Crippen LogP contribution in [0.4, 0.5) is 0 Å². The molecule has 0 amide bonds. The Morgan fingerprint density at radius 3 is 2.38 bits per heavy atom. The van der Waals surface area contributed by atoms with Crippen molar-refractivity contribution in [1.29, 1.82) is 0 Å². The number of hydrogen-bond donors (Lipinski definition) is 0. The maximum Gasteiger partial charge on any atom is 0.276 e. The molecule has 5 aromatic rings. The Kier molecular flexibility index (Phi) is 5.41. The third-order valence-electron chi connectivity index (χ3n) is 5.79. The van der Waals surface area contributed by atoms with Crippen molar-refractivity contribution in [1.82, 2.24) is 19.2 Å². The Hall–Kier alpha value is -4.33. The van der Waals surface area contributed by atoms with E-state index in [1.165, 1.54) is 5.56 Å². The summed E-state index contributed by atoms with van der Waals surface area (Å²) in [5, 5.41) is 4.56. The average Bonchev–Trinajstić information content (AvgIpc) is 3.45. The first-order chi connectivity index (χ1) is 16.5. The molecule has 0 fully saturated rings. The van der Waals surface area contributed by atoms with Crippen LogP contribution in [0, 0.1) is 13.8 Å². The Balaban J connectivity index is 1.48. The van der Waals surface area contributed by atoms with Gasteiger partial charge in [-0.2, -0.15) is 5.10 Å². The number of benzene rings is 2. The minimum atomic E-state index is -0.166. The van der Waals surface area contributed by atoms with Crippen molar-refractivity contribution >= 4 is 5.52 Å². The van der Waals surface area contributed by atoms with E-state index in [4.69, 9.17) is 13.9 Å². The van der Waals surface area contributed by atoms with Gasteiger partial charge < -0.3 is 18.5 Å². The number of aromatic nitrogens is 4. The lowest BCUT2D eigenvalue weighted by molar-refractivity contribution is 0.355. The SMILES string of the molecule is COc1ccc(-c2cc3c(=O)n(Cc4nc(-c5ccc(C)cc5)oc4C)ccn3n2)cc1OC. The Labute approximate surface area is 196 Å². The van der Waals surface area contributed by atoms with Gasteiger partial charge >= 0.3 is 0 Å². The standard InChI is InChI=1S/C26H24N4O4/c1-16-5-7-18(8-6-16)25-27-21(17(2)34-25)15-29-11-12-30-22(26(29)31)14-20(28-30)19-9-10-23(32-3)24(13-19)33-4/h5-14H,15H2,1-4H3. The summed E-state index contributed by atoms with van der Waals surface area (Å²) in [6, 6.07) is 15.3. The first kappa shape index (κ1) is 21.5. The molecule has 0 saturated carbocycles. The summed E-state index contributed by atoms with van der Waals surface area (Å²) in [5.74, 6) is 2.45. The van der Waals surface area contributed by atoms with Crippen LogP contribution in [0.5, 0.6) is 11.5 Å². The zero-order chi connectivity index (χ0) is 23.8. The molecule has 172 valence electrons. The predicted molar refractivity (Wildman–Crippen MR) is 129 cm³/mol. The third-order valence-corrected chi connectivity index (χ3v) is 5.79. The minimum absolute atomic E-state index is 0.166. The molecule has 8 nitrogen and oxygen atoms in total. The highest BCUT2D eigenvalue weighted by Crippen LogP contribution is 2.32. The molecule has 3 aromatic heterocycles. The van der Waals surface area contributed by atoms with E-state index in [9.17, 15) is 4.79 Å². The first-order valence-corrected chi connectivity index (χ1v) is 10.8. The second-order valence-electron chi connectivity index (χ2n) is 8.05. The van der Waals surface area contributed by atoms with E-state index in [1.807, 2.05) is 56.3 Å². The van der Waals surface area contributed by atoms with E-state index in [1.54, 1.807) is 41.8 Å². The van der Waals surface area contributed by atoms with Gasteiger partial charge in [-0.1, -0.05) is 17.7 Å². The largest absolute Gasteiger partial charge is 0.493 e. The normalized spacial score (nSPS) is 11.2. The predicted octanol–water partition coefficient (Wildman–Crippen LogP) is 4.50. The third kappa shape index (κ3) is 3.83. The molecule has 0 aliphatic rings. The van der Waals surface area contributed by atoms with Crippen LogP contribution in [0.25, 0.3) is 28.2 Å². The van der Waals surface area contributed by atoms with E-state index < -0.39 is 0 Å². The maximum absolute atomic E-state index is 13.2. The molecule has 3 heterocycles. The summed E-state index contributed by atoms with van der Waals surface area (Å²) in [5.41, 5.74) is 4.56. The van der Waals surface area contributed by atoms with Crippen LogP contribution >= 0.6 is 0 Å². The molecule has 0 spiro atoms. The maximum atomic E-state index is 13.2. The van der Waals surface area contributed by atoms with E-state index in [2.05, 4.69) is 10.1 Å². The molecule has 34 heavy (non-hydrogen) atoms. The van der Waals surface area contributed by atoms with Crippen LogP contribution in [0.3, 0.4) is 0 Å². The Morgan fingerprint density at radius 1 is 0.912 bits per heavy atom. The summed E-state index contributed by atoms with van der Waals surface area (Å²) in [7, 11) is 3.17. The second kappa shape index (κ2) is 8.55. The van der Waals surface area contributed by atoms with Crippen molar-refractivity contribution in [2.45, 2.75) is 20.4 Å². The lowest BCUT2D eigenvalue weighted by Gasteiger charge is -2.08. The van der Waals surface area contributed by atoms with E-state index in [0.29, 0.717) is 46.6 Å². The van der Waals surface area contributed by atoms with Gasteiger partial charge in [-0.3, -0.25) is 4.79 Å². The fourth-order valence-corrected chi connectivity index (χ4v) is 3.84. The van der Waals surface area contributed by atoms with Gasteiger partial charge in [0.15, 0.2) is 11.5 Å². The summed E-state index contributed by atoms with van der Waals surface area (Å²) in [6.07, 6.45) is 3.47. The van der Waals surface area contributed by atoms with Gasteiger partial charge in [0, 0.05) is 23.5 Å². The summed E-state index contributed by atoms with van der Waals surface area (Å²) < 4.78 is 19.8. The number of rotatable bonds is 6. The van der Waals surface area contributed by atoms with Gasteiger partial charge in [-0.05, 0) is 50.2 Å². The molecule has 0 aliphatic heterocycles. The number of oxazole rings is 1. The van der Waals surface area contributed by atoms with Gasteiger partial charge in [0.05, 0.1) is 26.5 Å². The van der Waals surface area contributed by atoms with Gasteiger partial charge in [0.2, 0.25) is 5.89 Å². The lowest BCUT2D eigenvalue weighted by atomic mass is 10.1. The molecule has 0 radical (unpaired) electrons. The molecule has 0 N–H and O–H groups in total. The fourth-order valence-electron chi connectivity index (χ4n) is 3.84. The van der Waals surface area contributed by atoms with E-state index in [0.717, 1.165) is 11.1 Å². The quantitative estimate of drug-likeness (QED) is 0.374.